The maximum absolute atomic E-state index is 6.01. The molecule has 1 aromatic carbocycles. The van der Waals surface area contributed by atoms with E-state index < -0.39 is 0 Å². The van der Waals surface area contributed by atoms with Gasteiger partial charge in [-0.25, -0.2) is 0 Å². The summed E-state index contributed by atoms with van der Waals surface area (Å²) in [5.74, 6) is 5.66. The first-order valence-electron chi connectivity index (χ1n) is 5.70. The summed E-state index contributed by atoms with van der Waals surface area (Å²) in [6, 6.07) is 7.71. The van der Waals surface area contributed by atoms with E-state index in [9.17, 15) is 0 Å². The van der Waals surface area contributed by atoms with Crippen LogP contribution >= 0.6 is 31.9 Å². The van der Waals surface area contributed by atoms with Gasteiger partial charge in [0.05, 0.1) is 6.04 Å². The lowest BCUT2D eigenvalue weighted by Crippen LogP contribution is -2.30. The molecule has 1 heterocycles. The van der Waals surface area contributed by atoms with Crippen LogP contribution in [0.25, 0.3) is 0 Å². The molecule has 0 spiro atoms. The molecule has 0 fully saturated rings. The summed E-state index contributed by atoms with van der Waals surface area (Å²) in [6.07, 6.45) is 4.29. The van der Waals surface area contributed by atoms with Crippen LogP contribution in [0.1, 0.15) is 17.2 Å². The van der Waals surface area contributed by atoms with Gasteiger partial charge in [-0.05, 0) is 57.7 Å². The largest absolute Gasteiger partial charge is 0.398 e. The van der Waals surface area contributed by atoms with Gasteiger partial charge in [0.1, 0.15) is 0 Å². The lowest BCUT2D eigenvalue weighted by Gasteiger charge is -2.18. The quantitative estimate of drug-likeness (QED) is 0.429. The van der Waals surface area contributed by atoms with Gasteiger partial charge >= 0.3 is 0 Å². The second kappa shape index (κ2) is 6.47. The van der Waals surface area contributed by atoms with Gasteiger partial charge in [-0.2, -0.15) is 0 Å². The van der Waals surface area contributed by atoms with E-state index in [-0.39, 0.29) is 6.04 Å². The van der Waals surface area contributed by atoms with Gasteiger partial charge in [0.15, 0.2) is 0 Å². The first-order valence-corrected chi connectivity index (χ1v) is 7.29. The van der Waals surface area contributed by atoms with Crippen molar-refractivity contribution in [3.05, 3.63) is 56.7 Å². The Labute approximate surface area is 128 Å². The van der Waals surface area contributed by atoms with E-state index in [2.05, 4.69) is 42.3 Å². The number of nitrogens with two attached hydrogens (primary N) is 2. The second-order valence-corrected chi connectivity index (χ2v) is 6.04. The first-order chi connectivity index (χ1) is 9.10. The Hall–Kier alpha value is -0.950. The molecule has 0 bridgehead atoms. The van der Waals surface area contributed by atoms with Crippen molar-refractivity contribution < 1.29 is 0 Å². The molecule has 19 heavy (non-hydrogen) atoms. The summed E-state index contributed by atoms with van der Waals surface area (Å²) < 4.78 is 1.92. The number of nitrogen functional groups attached to an aromatic ring is 1. The molecule has 0 saturated carbocycles. The Kier molecular flexibility index (Phi) is 4.93. The number of hydrogen-bond donors (Lipinski definition) is 3. The summed E-state index contributed by atoms with van der Waals surface area (Å²) in [5, 5.41) is 0. The first kappa shape index (κ1) is 14.5. The zero-order valence-electron chi connectivity index (χ0n) is 10.1. The molecule has 1 aromatic heterocycles. The van der Waals surface area contributed by atoms with Crippen LogP contribution in [0.5, 0.6) is 0 Å². The van der Waals surface area contributed by atoms with Crippen molar-refractivity contribution >= 4 is 37.5 Å². The average Bonchev–Trinajstić information content (AvgIpc) is 2.39. The van der Waals surface area contributed by atoms with Gasteiger partial charge in [-0.1, -0.05) is 15.9 Å². The predicted octanol–water partition coefficient (Wildman–Crippen LogP) is 2.94. The van der Waals surface area contributed by atoms with E-state index in [1.54, 1.807) is 6.20 Å². The molecule has 6 heteroatoms. The second-order valence-electron chi connectivity index (χ2n) is 4.21. The minimum atomic E-state index is -0.0615. The zero-order valence-corrected chi connectivity index (χ0v) is 13.3. The summed E-state index contributed by atoms with van der Waals surface area (Å²) in [6.45, 7) is 0. The smallest absolute Gasteiger partial charge is 0.0521 e. The number of nitrogens with one attached hydrogen (secondary N) is 1. The number of hydrogen-bond acceptors (Lipinski definition) is 4. The summed E-state index contributed by atoms with van der Waals surface area (Å²) in [4.78, 5) is 4.15. The van der Waals surface area contributed by atoms with Gasteiger partial charge in [-0.3, -0.25) is 16.3 Å². The van der Waals surface area contributed by atoms with Gasteiger partial charge in [0.25, 0.3) is 0 Å². The van der Waals surface area contributed by atoms with Crippen LogP contribution in [-0.2, 0) is 6.42 Å². The normalized spacial score (nSPS) is 12.4. The van der Waals surface area contributed by atoms with E-state index in [0.717, 1.165) is 20.1 Å². The maximum Gasteiger partial charge on any atom is 0.0521 e. The van der Waals surface area contributed by atoms with Crippen molar-refractivity contribution in [1.82, 2.24) is 10.4 Å². The minimum absolute atomic E-state index is 0.0615. The highest BCUT2D eigenvalue weighted by molar-refractivity contribution is 9.10. The number of benzene rings is 1. The molecule has 0 aliphatic heterocycles. The Morgan fingerprint density at radius 3 is 2.63 bits per heavy atom. The van der Waals surface area contributed by atoms with Gasteiger partial charge in [0.2, 0.25) is 0 Å². The topological polar surface area (TPSA) is 77.0 Å². The monoisotopic (exact) mass is 384 g/mol. The summed E-state index contributed by atoms with van der Waals surface area (Å²) in [5.41, 5.74) is 11.6. The lowest BCUT2D eigenvalue weighted by molar-refractivity contribution is 0.552. The van der Waals surface area contributed by atoms with Crippen molar-refractivity contribution in [3.63, 3.8) is 0 Å². The van der Waals surface area contributed by atoms with Gasteiger partial charge in [0, 0.05) is 27.0 Å². The minimum Gasteiger partial charge on any atom is -0.398 e. The lowest BCUT2D eigenvalue weighted by atomic mass is 9.99. The molecule has 0 aliphatic rings. The third kappa shape index (κ3) is 3.76. The highest BCUT2D eigenvalue weighted by Crippen LogP contribution is 2.27. The molecule has 2 aromatic rings. The van der Waals surface area contributed by atoms with E-state index >= 15 is 0 Å². The molecule has 1 unspecified atom stereocenters. The molecule has 1 atom stereocenters. The predicted molar refractivity (Wildman–Crippen MR) is 84.3 cm³/mol. The molecule has 5 N–H and O–H groups in total. The fraction of sp³-hybridized carbons (Fsp3) is 0.154. The maximum atomic E-state index is 6.01. The Bertz CT molecular complexity index is 574. The van der Waals surface area contributed by atoms with Crippen molar-refractivity contribution in [3.8, 4) is 0 Å². The Morgan fingerprint density at radius 1 is 1.16 bits per heavy atom. The molecule has 0 radical (unpaired) electrons. The van der Waals surface area contributed by atoms with Crippen LogP contribution in [0, 0.1) is 0 Å². The Morgan fingerprint density at radius 2 is 1.95 bits per heavy atom. The van der Waals surface area contributed by atoms with Crippen LogP contribution < -0.4 is 17.0 Å². The highest BCUT2D eigenvalue weighted by Gasteiger charge is 2.14. The molecule has 0 aliphatic carbocycles. The number of aromatic nitrogens is 1. The van der Waals surface area contributed by atoms with Crippen LogP contribution in [0.3, 0.4) is 0 Å². The Balaban J connectivity index is 2.27. The molecule has 4 nitrogen and oxygen atoms in total. The fourth-order valence-corrected chi connectivity index (χ4v) is 2.70. The number of nitrogens with zero attached hydrogens (tertiary/aromatic N) is 1. The van der Waals surface area contributed by atoms with E-state index in [1.807, 2.05) is 30.5 Å². The number of rotatable bonds is 4. The molecule has 0 saturated heterocycles. The van der Waals surface area contributed by atoms with Gasteiger partial charge < -0.3 is 5.73 Å². The third-order valence-electron chi connectivity index (χ3n) is 2.83. The van der Waals surface area contributed by atoms with Crippen molar-refractivity contribution in [1.29, 1.82) is 0 Å². The molecular weight excluding hydrogens is 372 g/mol. The summed E-state index contributed by atoms with van der Waals surface area (Å²) >= 11 is 6.86. The van der Waals surface area contributed by atoms with Crippen molar-refractivity contribution in [2.75, 3.05) is 5.73 Å². The van der Waals surface area contributed by atoms with E-state index in [0.29, 0.717) is 12.1 Å². The van der Waals surface area contributed by atoms with Crippen LogP contribution in [0.15, 0.2) is 45.6 Å². The van der Waals surface area contributed by atoms with E-state index in [4.69, 9.17) is 11.6 Å². The average molecular weight is 386 g/mol. The fourth-order valence-electron chi connectivity index (χ4n) is 1.91. The van der Waals surface area contributed by atoms with E-state index in [1.165, 1.54) is 0 Å². The summed E-state index contributed by atoms with van der Waals surface area (Å²) in [7, 11) is 0. The van der Waals surface area contributed by atoms with Crippen LogP contribution in [0.4, 0.5) is 5.69 Å². The molecule has 2 rings (SSSR count). The number of anilines is 1. The third-order valence-corrected chi connectivity index (χ3v) is 3.75. The van der Waals surface area contributed by atoms with Crippen LogP contribution in [0.2, 0.25) is 0 Å². The van der Waals surface area contributed by atoms with Crippen molar-refractivity contribution in [2.24, 2.45) is 5.84 Å². The zero-order chi connectivity index (χ0) is 13.8. The molecule has 100 valence electrons. The van der Waals surface area contributed by atoms with Gasteiger partial charge in [-0.15, -0.1) is 0 Å². The molecule has 0 amide bonds. The SMILES string of the molecule is NNC(Cc1cncc(Br)c1)c1cc(Br)ccc1N. The van der Waals surface area contributed by atoms with Crippen LogP contribution in [-0.4, -0.2) is 4.98 Å². The van der Waals surface area contributed by atoms with Crippen molar-refractivity contribution in [2.45, 2.75) is 12.5 Å². The highest BCUT2D eigenvalue weighted by atomic mass is 79.9. The molecular formula is C13H14Br2N4. The number of halogens is 2. The number of pyridine rings is 1. The number of hydrazine groups is 1. The standard InChI is InChI=1S/C13H14Br2N4/c14-9-1-2-12(16)11(5-9)13(19-17)4-8-3-10(15)7-18-6-8/h1-3,5-7,13,19H,4,16-17H2.